The highest BCUT2D eigenvalue weighted by atomic mass is 127. The van der Waals surface area contributed by atoms with E-state index >= 15 is 0 Å². The normalized spacial score (nSPS) is 18.3. The number of guanidine groups is 1. The lowest BCUT2D eigenvalue weighted by molar-refractivity contribution is -0.159. The molecule has 1 aliphatic heterocycles. The molecule has 0 radical (unpaired) electrons. The first-order valence-corrected chi connectivity index (χ1v) is 8.75. The quantitative estimate of drug-likeness (QED) is 0.321. The van der Waals surface area contributed by atoms with Crippen molar-refractivity contribution < 1.29 is 9.53 Å². The van der Waals surface area contributed by atoms with Gasteiger partial charge in [0.25, 0.3) is 0 Å². The molecule has 1 atom stereocenters. The monoisotopic (exact) mass is 466 g/mol. The minimum atomic E-state index is -0.436. The molecule has 8 heteroatoms. The Bertz CT molecular complexity index is 583. The Balaban J connectivity index is 0.00000288. The van der Waals surface area contributed by atoms with E-state index in [-0.39, 0.29) is 35.9 Å². The second kappa shape index (κ2) is 8.98. The molecule has 1 aromatic rings. The van der Waals surface area contributed by atoms with Crippen molar-refractivity contribution in [2.45, 2.75) is 46.3 Å². The number of likely N-dealkylation sites (tertiary alicyclic amines) is 1. The highest BCUT2D eigenvalue weighted by Gasteiger charge is 2.33. The fourth-order valence-electron chi connectivity index (χ4n) is 2.52. The summed E-state index contributed by atoms with van der Waals surface area (Å²) in [4.78, 5) is 24.1. The van der Waals surface area contributed by atoms with Gasteiger partial charge >= 0.3 is 5.97 Å². The molecule has 0 aromatic carbocycles. The SMILES string of the molecule is CN=C(NCc1scnc1C)N1CCC(C(=O)OC(C)(C)C)C1.I. The predicted octanol–water partition coefficient (Wildman–Crippen LogP) is 2.81. The van der Waals surface area contributed by atoms with Crippen LogP contribution in [0, 0.1) is 12.8 Å². The number of carbonyl (C=O) groups is 1. The molecule has 0 aliphatic carbocycles. The molecule has 1 saturated heterocycles. The van der Waals surface area contributed by atoms with Crippen LogP contribution >= 0.6 is 35.3 Å². The van der Waals surface area contributed by atoms with E-state index in [1.165, 1.54) is 4.88 Å². The zero-order valence-corrected chi connectivity index (χ0v) is 18.1. The van der Waals surface area contributed by atoms with Crippen LogP contribution in [0.1, 0.15) is 37.8 Å². The minimum Gasteiger partial charge on any atom is -0.460 e. The van der Waals surface area contributed by atoms with E-state index in [1.807, 2.05) is 33.2 Å². The number of aromatic nitrogens is 1. The lowest BCUT2D eigenvalue weighted by Crippen LogP contribution is -2.40. The fourth-order valence-corrected chi connectivity index (χ4v) is 3.23. The Morgan fingerprint density at radius 1 is 1.54 bits per heavy atom. The number of hydrogen-bond donors (Lipinski definition) is 1. The Morgan fingerprint density at radius 2 is 2.25 bits per heavy atom. The number of halogens is 1. The van der Waals surface area contributed by atoms with Crippen molar-refractivity contribution in [3.63, 3.8) is 0 Å². The number of nitrogens with one attached hydrogen (secondary N) is 1. The minimum absolute atomic E-state index is 0. The summed E-state index contributed by atoms with van der Waals surface area (Å²) in [6, 6.07) is 0. The molecule has 1 aromatic heterocycles. The first kappa shape index (κ1) is 21.1. The predicted molar refractivity (Wildman–Crippen MR) is 108 cm³/mol. The maximum absolute atomic E-state index is 12.2. The number of ether oxygens (including phenoxy) is 1. The van der Waals surface area contributed by atoms with Gasteiger partial charge in [-0.1, -0.05) is 0 Å². The zero-order valence-electron chi connectivity index (χ0n) is 15.0. The van der Waals surface area contributed by atoms with E-state index in [9.17, 15) is 4.79 Å². The van der Waals surface area contributed by atoms with Crippen molar-refractivity contribution >= 4 is 47.2 Å². The molecule has 24 heavy (non-hydrogen) atoms. The highest BCUT2D eigenvalue weighted by molar-refractivity contribution is 14.0. The number of carbonyl (C=O) groups excluding carboxylic acids is 1. The van der Waals surface area contributed by atoms with Crippen LogP contribution in [0.2, 0.25) is 0 Å². The van der Waals surface area contributed by atoms with Gasteiger partial charge in [0.2, 0.25) is 0 Å². The van der Waals surface area contributed by atoms with Crippen LogP contribution in [0.5, 0.6) is 0 Å². The van der Waals surface area contributed by atoms with E-state index in [0.29, 0.717) is 13.1 Å². The molecular weight excluding hydrogens is 439 g/mol. The summed E-state index contributed by atoms with van der Waals surface area (Å²) in [5.41, 5.74) is 2.46. The summed E-state index contributed by atoms with van der Waals surface area (Å²) in [7, 11) is 1.77. The largest absolute Gasteiger partial charge is 0.460 e. The topological polar surface area (TPSA) is 66.8 Å². The molecule has 2 heterocycles. The van der Waals surface area contributed by atoms with Crippen LogP contribution in [-0.4, -0.2) is 47.6 Å². The summed E-state index contributed by atoms with van der Waals surface area (Å²) in [6.07, 6.45) is 0.801. The van der Waals surface area contributed by atoms with Crippen LogP contribution in [-0.2, 0) is 16.1 Å². The second-order valence-electron chi connectivity index (χ2n) is 6.73. The van der Waals surface area contributed by atoms with Crippen molar-refractivity contribution in [2.75, 3.05) is 20.1 Å². The fraction of sp³-hybridized carbons (Fsp3) is 0.688. The van der Waals surface area contributed by atoms with Crippen LogP contribution in [0.3, 0.4) is 0 Å². The van der Waals surface area contributed by atoms with Crippen LogP contribution in [0.15, 0.2) is 10.5 Å². The number of aryl methyl sites for hydroxylation is 1. The smallest absolute Gasteiger partial charge is 0.311 e. The molecule has 136 valence electrons. The van der Waals surface area contributed by atoms with Crippen molar-refractivity contribution in [3.8, 4) is 0 Å². The molecule has 1 unspecified atom stereocenters. The van der Waals surface area contributed by atoms with Gasteiger partial charge in [-0.05, 0) is 34.1 Å². The van der Waals surface area contributed by atoms with Gasteiger partial charge < -0.3 is 15.0 Å². The molecule has 0 spiro atoms. The van der Waals surface area contributed by atoms with Gasteiger partial charge in [-0.3, -0.25) is 9.79 Å². The lowest BCUT2D eigenvalue weighted by atomic mass is 10.1. The van der Waals surface area contributed by atoms with Crippen LogP contribution in [0.4, 0.5) is 0 Å². The molecule has 0 bridgehead atoms. The van der Waals surface area contributed by atoms with Crippen LogP contribution < -0.4 is 5.32 Å². The summed E-state index contributed by atoms with van der Waals surface area (Å²) in [5, 5.41) is 3.36. The Kier molecular flexibility index (Phi) is 7.91. The van der Waals surface area contributed by atoms with E-state index in [4.69, 9.17) is 4.74 Å². The summed E-state index contributed by atoms with van der Waals surface area (Å²) >= 11 is 1.64. The average molecular weight is 466 g/mol. The summed E-state index contributed by atoms with van der Waals surface area (Å²) in [5.74, 6) is 0.621. The van der Waals surface area contributed by atoms with E-state index in [0.717, 1.165) is 24.6 Å². The third-order valence-electron chi connectivity index (χ3n) is 3.69. The number of esters is 1. The third-order valence-corrected chi connectivity index (χ3v) is 4.63. The van der Waals surface area contributed by atoms with Crippen molar-refractivity contribution in [2.24, 2.45) is 10.9 Å². The summed E-state index contributed by atoms with van der Waals surface area (Å²) in [6.45, 7) is 9.86. The van der Waals surface area contributed by atoms with E-state index in [2.05, 4.69) is 20.2 Å². The first-order chi connectivity index (χ1) is 10.8. The molecule has 0 amide bonds. The standard InChI is InChI=1S/C16H26N4O2S.HI/c1-11-13(23-10-19-11)8-18-15(17-5)20-7-6-12(9-20)14(21)22-16(2,3)4;/h10,12H,6-9H2,1-5H3,(H,17,18);1H. The van der Waals surface area contributed by atoms with E-state index < -0.39 is 5.60 Å². The maximum atomic E-state index is 12.2. The van der Waals surface area contributed by atoms with Gasteiger partial charge in [-0.15, -0.1) is 35.3 Å². The maximum Gasteiger partial charge on any atom is 0.311 e. The average Bonchev–Trinajstić information content (AvgIpc) is 3.08. The Morgan fingerprint density at radius 3 is 2.79 bits per heavy atom. The van der Waals surface area contributed by atoms with Gasteiger partial charge in [-0.2, -0.15) is 0 Å². The zero-order chi connectivity index (χ0) is 17.0. The van der Waals surface area contributed by atoms with Gasteiger partial charge in [0.05, 0.1) is 23.7 Å². The Labute approximate surface area is 165 Å². The molecule has 0 saturated carbocycles. The Hall–Kier alpha value is -0.900. The molecule has 1 aliphatic rings. The third kappa shape index (κ3) is 5.87. The molecular formula is C16H27IN4O2S. The lowest BCUT2D eigenvalue weighted by Gasteiger charge is -2.23. The van der Waals surface area contributed by atoms with E-state index in [1.54, 1.807) is 18.4 Å². The van der Waals surface area contributed by atoms with Gasteiger partial charge in [0.15, 0.2) is 5.96 Å². The highest BCUT2D eigenvalue weighted by Crippen LogP contribution is 2.21. The molecule has 6 nitrogen and oxygen atoms in total. The van der Waals surface area contributed by atoms with Crippen molar-refractivity contribution in [1.29, 1.82) is 0 Å². The van der Waals surface area contributed by atoms with Crippen molar-refractivity contribution in [1.82, 2.24) is 15.2 Å². The summed E-state index contributed by atoms with van der Waals surface area (Å²) < 4.78 is 5.49. The van der Waals surface area contributed by atoms with Gasteiger partial charge in [0.1, 0.15) is 5.60 Å². The number of hydrogen-bond acceptors (Lipinski definition) is 5. The second-order valence-corrected chi connectivity index (χ2v) is 7.67. The number of rotatable bonds is 3. The number of nitrogens with zero attached hydrogens (tertiary/aromatic N) is 3. The van der Waals surface area contributed by atoms with Crippen molar-refractivity contribution in [3.05, 3.63) is 16.1 Å². The number of thiazole rings is 1. The number of aliphatic imine (C=N–C) groups is 1. The molecule has 2 rings (SSSR count). The van der Waals surface area contributed by atoms with Crippen LogP contribution in [0.25, 0.3) is 0 Å². The molecule has 1 fully saturated rings. The first-order valence-electron chi connectivity index (χ1n) is 7.87. The van der Waals surface area contributed by atoms with Gasteiger partial charge in [-0.25, -0.2) is 4.98 Å². The molecule has 1 N–H and O–H groups in total. The van der Waals surface area contributed by atoms with Gasteiger partial charge in [0, 0.05) is 25.0 Å².